The van der Waals surface area contributed by atoms with Crippen LogP contribution in [-0.2, 0) is 6.54 Å². The van der Waals surface area contributed by atoms with E-state index in [1.165, 1.54) is 22.0 Å². The highest BCUT2D eigenvalue weighted by atomic mass is 79.9. The Balaban J connectivity index is 2.41. The number of hydrogen-bond acceptors (Lipinski definition) is 3. The molecular formula is C11H8BrNO3S. The van der Waals surface area contributed by atoms with Crippen molar-refractivity contribution in [2.45, 2.75) is 6.54 Å². The van der Waals surface area contributed by atoms with Gasteiger partial charge in [-0.25, -0.2) is 4.79 Å². The summed E-state index contributed by atoms with van der Waals surface area (Å²) in [4.78, 5) is 23.6. The molecule has 0 spiro atoms. The minimum Gasteiger partial charge on any atom is -0.477 e. The molecule has 2 aromatic heterocycles. The lowest BCUT2D eigenvalue weighted by molar-refractivity contribution is 0.0694. The van der Waals surface area contributed by atoms with Crippen LogP contribution >= 0.6 is 27.3 Å². The van der Waals surface area contributed by atoms with Crippen LogP contribution in [0.4, 0.5) is 0 Å². The van der Waals surface area contributed by atoms with E-state index in [0.717, 1.165) is 9.35 Å². The highest BCUT2D eigenvalue weighted by Gasteiger charge is 2.11. The van der Waals surface area contributed by atoms with E-state index in [1.807, 2.05) is 11.4 Å². The minimum absolute atomic E-state index is 0.208. The fourth-order valence-electron chi connectivity index (χ4n) is 1.42. The second kappa shape index (κ2) is 4.85. The van der Waals surface area contributed by atoms with Gasteiger partial charge in [0.1, 0.15) is 5.56 Å². The molecule has 0 amide bonds. The molecule has 0 aromatic carbocycles. The van der Waals surface area contributed by atoms with Gasteiger partial charge in [-0.2, -0.15) is 0 Å². The molecule has 1 N–H and O–H groups in total. The predicted octanol–water partition coefficient (Wildman–Crippen LogP) is 2.42. The fraction of sp³-hybridized carbons (Fsp3) is 0.0909. The molecular weight excluding hydrogens is 306 g/mol. The van der Waals surface area contributed by atoms with Crippen LogP contribution in [0.3, 0.4) is 0 Å². The van der Waals surface area contributed by atoms with Crippen molar-refractivity contribution < 1.29 is 9.90 Å². The highest BCUT2D eigenvalue weighted by molar-refractivity contribution is 9.10. The first-order valence-electron chi connectivity index (χ1n) is 4.74. The molecule has 0 aliphatic carbocycles. The number of carbonyl (C=O) groups is 1. The molecule has 0 atom stereocenters. The maximum absolute atomic E-state index is 11.8. The zero-order valence-electron chi connectivity index (χ0n) is 8.59. The van der Waals surface area contributed by atoms with E-state index in [4.69, 9.17) is 5.11 Å². The largest absolute Gasteiger partial charge is 0.477 e. The molecule has 2 heterocycles. The van der Waals surface area contributed by atoms with E-state index in [1.54, 1.807) is 12.3 Å². The van der Waals surface area contributed by atoms with Crippen LogP contribution in [0.15, 0.2) is 39.0 Å². The van der Waals surface area contributed by atoms with Gasteiger partial charge < -0.3 is 9.67 Å². The Morgan fingerprint density at radius 2 is 2.24 bits per heavy atom. The van der Waals surface area contributed by atoms with Crippen molar-refractivity contribution in [1.29, 1.82) is 0 Å². The Morgan fingerprint density at radius 1 is 1.47 bits per heavy atom. The van der Waals surface area contributed by atoms with Crippen molar-refractivity contribution in [2.75, 3.05) is 0 Å². The second-order valence-corrected chi connectivity index (χ2v) is 5.21. The van der Waals surface area contributed by atoms with Crippen molar-refractivity contribution in [1.82, 2.24) is 4.57 Å². The molecule has 88 valence electrons. The molecule has 0 unspecified atom stereocenters. The first-order valence-corrected chi connectivity index (χ1v) is 6.41. The van der Waals surface area contributed by atoms with Gasteiger partial charge in [0.25, 0.3) is 5.56 Å². The number of rotatable bonds is 3. The number of carboxylic acids is 1. The van der Waals surface area contributed by atoms with E-state index < -0.39 is 11.5 Å². The van der Waals surface area contributed by atoms with E-state index in [9.17, 15) is 9.59 Å². The van der Waals surface area contributed by atoms with Gasteiger partial charge in [-0.3, -0.25) is 4.79 Å². The van der Waals surface area contributed by atoms with E-state index in [-0.39, 0.29) is 5.56 Å². The molecule has 2 rings (SSSR count). The third kappa shape index (κ3) is 2.48. The Labute approximate surface area is 109 Å². The molecule has 0 fully saturated rings. The number of aromatic carboxylic acids is 1. The van der Waals surface area contributed by atoms with Crippen molar-refractivity contribution >= 4 is 33.2 Å². The van der Waals surface area contributed by atoms with Crippen LogP contribution in [0, 0.1) is 0 Å². The van der Waals surface area contributed by atoms with Crippen molar-refractivity contribution in [3.8, 4) is 0 Å². The second-order valence-electron chi connectivity index (χ2n) is 3.35. The van der Waals surface area contributed by atoms with E-state index >= 15 is 0 Å². The third-order valence-electron chi connectivity index (χ3n) is 2.26. The SMILES string of the molecule is O=C(O)c1cccn(Cc2sccc2Br)c1=O. The summed E-state index contributed by atoms with van der Waals surface area (Å²) in [5.41, 5.74) is -0.694. The fourth-order valence-corrected chi connectivity index (χ4v) is 2.89. The first kappa shape index (κ1) is 12.1. The molecule has 0 aliphatic heterocycles. The van der Waals surface area contributed by atoms with Gasteiger partial charge in [-0.15, -0.1) is 11.3 Å². The van der Waals surface area contributed by atoms with Crippen LogP contribution < -0.4 is 5.56 Å². The number of hydrogen-bond donors (Lipinski definition) is 1. The number of carboxylic acid groups (broad SMARTS) is 1. The third-order valence-corrected chi connectivity index (χ3v) is 4.17. The normalized spacial score (nSPS) is 10.4. The maximum Gasteiger partial charge on any atom is 0.341 e. The molecule has 0 radical (unpaired) electrons. The minimum atomic E-state index is -1.20. The van der Waals surface area contributed by atoms with Gasteiger partial charge >= 0.3 is 5.97 Å². The predicted molar refractivity (Wildman–Crippen MR) is 68.8 cm³/mol. The lowest BCUT2D eigenvalue weighted by Crippen LogP contribution is -2.25. The Hall–Kier alpha value is -1.40. The summed E-state index contributed by atoms with van der Waals surface area (Å²) in [5.74, 6) is -1.20. The van der Waals surface area contributed by atoms with Gasteiger partial charge in [0.2, 0.25) is 0 Å². The smallest absolute Gasteiger partial charge is 0.341 e. The van der Waals surface area contributed by atoms with Crippen molar-refractivity contribution in [3.05, 3.63) is 55.0 Å². The number of nitrogens with zero attached hydrogens (tertiary/aromatic N) is 1. The van der Waals surface area contributed by atoms with Gasteiger partial charge in [-0.1, -0.05) is 0 Å². The summed E-state index contributed by atoms with van der Waals surface area (Å²) < 4.78 is 2.31. The van der Waals surface area contributed by atoms with Crippen LogP contribution in [0.5, 0.6) is 0 Å². The molecule has 0 saturated heterocycles. The van der Waals surface area contributed by atoms with Crippen LogP contribution in [0.2, 0.25) is 0 Å². The molecule has 17 heavy (non-hydrogen) atoms. The monoisotopic (exact) mass is 313 g/mol. The number of thiophene rings is 1. The average molecular weight is 314 g/mol. The Kier molecular flexibility index (Phi) is 3.44. The Bertz CT molecular complexity index is 617. The van der Waals surface area contributed by atoms with Gasteiger partial charge in [-0.05, 0) is 39.5 Å². The van der Waals surface area contributed by atoms with Crippen molar-refractivity contribution in [2.24, 2.45) is 0 Å². The average Bonchev–Trinajstić information content (AvgIpc) is 2.67. The lowest BCUT2D eigenvalue weighted by Gasteiger charge is -2.05. The van der Waals surface area contributed by atoms with Crippen LogP contribution in [0.25, 0.3) is 0 Å². The van der Waals surface area contributed by atoms with Crippen molar-refractivity contribution in [3.63, 3.8) is 0 Å². The Morgan fingerprint density at radius 3 is 2.82 bits per heavy atom. The zero-order chi connectivity index (χ0) is 12.4. The number of pyridine rings is 1. The molecule has 0 saturated carbocycles. The summed E-state index contributed by atoms with van der Waals surface area (Å²) in [7, 11) is 0. The summed E-state index contributed by atoms with van der Waals surface area (Å²) in [6.45, 7) is 0.373. The van der Waals surface area contributed by atoms with Gasteiger partial charge in [0.05, 0.1) is 6.54 Å². The molecule has 0 bridgehead atoms. The molecule has 0 aliphatic rings. The topological polar surface area (TPSA) is 59.3 Å². The standard InChI is InChI=1S/C11H8BrNO3S/c12-8-3-5-17-9(8)6-13-4-1-2-7(10(13)14)11(15)16/h1-5H,6H2,(H,15,16). The highest BCUT2D eigenvalue weighted by Crippen LogP contribution is 2.22. The quantitative estimate of drug-likeness (QED) is 0.946. The summed E-state index contributed by atoms with van der Waals surface area (Å²) in [6.07, 6.45) is 1.58. The molecule has 2 aromatic rings. The number of halogens is 1. The van der Waals surface area contributed by atoms with Gasteiger partial charge in [0, 0.05) is 15.5 Å². The van der Waals surface area contributed by atoms with E-state index in [2.05, 4.69) is 15.9 Å². The molecule has 4 nitrogen and oxygen atoms in total. The molecule has 6 heteroatoms. The van der Waals surface area contributed by atoms with Crippen LogP contribution in [-0.4, -0.2) is 15.6 Å². The summed E-state index contributed by atoms with van der Waals surface area (Å²) in [6, 6.07) is 4.77. The zero-order valence-corrected chi connectivity index (χ0v) is 11.0. The van der Waals surface area contributed by atoms with Gasteiger partial charge in [0.15, 0.2) is 0 Å². The van der Waals surface area contributed by atoms with Crippen LogP contribution in [0.1, 0.15) is 15.2 Å². The van der Waals surface area contributed by atoms with E-state index in [0.29, 0.717) is 6.54 Å². The summed E-state index contributed by atoms with van der Waals surface area (Å²) >= 11 is 4.89. The first-order chi connectivity index (χ1) is 8.09. The maximum atomic E-state index is 11.8. The number of aromatic nitrogens is 1. The lowest BCUT2D eigenvalue weighted by atomic mass is 10.3. The summed E-state index contributed by atoms with van der Waals surface area (Å²) in [5, 5.41) is 10.8.